The smallest absolute Gasteiger partial charge is 0.322 e. The lowest BCUT2D eigenvalue weighted by atomic mass is 10.2. The zero-order valence-electron chi connectivity index (χ0n) is 11.5. The van der Waals surface area contributed by atoms with E-state index in [1.54, 1.807) is 18.7 Å². The first kappa shape index (κ1) is 17.7. The fourth-order valence-corrected chi connectivity index (χ4v) is 2.25. The molecule has 108 valence electrons. The van der Waals surface area contributed by atoms with Gasteiger partial charge in [0, 0.05) is 19.0 Å². The van der Waals surface area contributed by atoms with E-state index in [1.807, 2.05) is 13.8 Å². The topological polar surface area (TPSA) is 70.8 Å². The number of ether oxygens (including phenoxy) is 3. The molecular weight excluding hydrogens is 254 g/mol. The summed E-state index contributed by atoms with van der Waals surface area (Å²) in [5.74, 6) is 1.21. The molecule has 0 aliphatic heterocycles. The highest BCUT2D eigenvalue weighted by molar-refractivity contribution is 7.99. The van der Waals surface area contributed by atoms with Crippen molar-refractivity contribution in [2.24, 2.45) is 5.73 Å². The molecule has 0 aliphatic rings. The van der Waals surface area contributed by atoms with Gasteiger partial charge in [-0.3, -0.25) is 4.79 Å². The quantitative estimate of drug-likeness (QED) is 0.350. The standard InChI is InChI=1S/C12H25NO4S/c1-4-15-11(16-5-2)9-18-8-7-10(13)12(14)17-6-3/h10-11H,4-9,13H2,1-3H3. The minimum atomic E-state index is -0.532. The summed E-state index contributed by atoms with van der Waals surface area (Å²) in [4.78, 5) is 11.3. The maximum Gasteiger partial charge on any atom is 0.322 e. The molecule has 0 bridgehead atoms. The molecule has 0 amide bonds. The average molecular weight is 279 g/mol. The molecule has 0 spiro atoms. The largest absolute Gasteiger partial charge is 0.465 e. The Hall–Kier alpha value is -0.300. The second-order valence-corrected chi connectivity index (χ2v) is 4.71. The van der Waals surface area contributed by atoms with E-state index in [4.69, 9.17) is 19.9 Å². The Morgan fingerprint density at radius 3 is 2.28 bits per heavy atom. The Balaban J connectivity index is 3.66. The van der Waals surface area contributed by atoms with E-state index >= 15 is 0 Å². The summed E-state index contributed by atoms with van der Waals surface area (Å²) < 4.78 is 15.7. The van der Waals surface area contributed by atoms with Gasteiger partial charge in [-0.15, -0.1) is 0 Å². The second kappa shape index (κ2) is 11.8. The molecule has 0 saturated heterocycles. The molecular formula is C12H25NO4S. The third kappa shape index (κ3) is 8.74. The van der Waals surface area contributed by atoms with Crippen LogP contribution in [0.2, 0.25) is 0 Å². The third-order valence-electron chi connectivity index (χ3n) is 2.12. The van der Waals surface area contributed by atoms with Crippen molar-refractivity contribution in [3.05, 3.63) is 0 Å². The summed E-state index contributed by atoms with van der Waals surface area (Å²) in [5.41, 5.74) is 5.69. The van der Waals surface area contributed by atoms with Crippen LogP contribution in [0.25, 0.3) is 0 Å². The lowest BCUT2D eigenvalue weighted by molar-refractivity contribution is -0.144. The van der Waals surface area contributed by atoms with Crippen molar-refractivity contribution in [2.45, 2.75) is 39.5 Å². The first-order chi connectivity index (χ1) is 8.65. The maximum absolute atomic E-state index is 11.3. The molecule has 6 heteroatoms. The molecule has 1 atom stereocenters. The van der Waals surface area contributed by atoms with E-state index < -0.39 is 6.04 Å². The predicted octanol–water partition coefficient (Wildman–Crippen LogP) is 1.40. The van der Waals surface area contributed by atoms with Gasteiger partial charge in [-0.05, 0) is 32.9 Å². The third-order valence-corrected chi connectivity index (χ3v) is 3.15. The van der Waals surface area contributed by atoms with Crippen molar-refractivity contribution in [2.75, 3.05) is 31.3 Å². The summed E-state index contributed by atoms with van der Waals surface area (Å²) in [6.07, 6.45) is 0.429. The summed E-state index contributed by atoms with van der Waals surface area (Å²) in [5, 5.41) is 0. The van der Waals surface area contributed by atoms with Crippen LogP contribution in [-0.2, 0) is 19.0 Å². The summed E-state index contributed by atoms with van der Waals surface area (Å²) >= 11 is 1.67. The van der Waals surface area contributed by atoms with Gasteiger partial charge in [-0.25, -0.2) is 0 Å². The molecule has 0 aromatic rings. The molecule has 5 nitrogen and oxygen atoms in total. The fraction of sp³-hybridized carbons (Fsp3) is 0.917. The van der Waals surface area contributed by atoms with Gasteiger partial charge >= 0.3 is 5.97 Å². The molecule has 0 aromatic carbocycles. The lowest BCUT2D eigenvalue weighted by Crippen LogP contribution is -2.33. The molecule has 0 aliphatic carbocycles. The van der Waals surface area contributed by atoms with Crippen LogP contribution < -0.4 is 5.73 Å². The zero-order valence-corrected chi connectivity index (χ0v) is 12.3. The highest BCUT2D eigenvalue weighted by Gasteiger charge is 2.14. The highest BCUT2D eigenvalue weighted by Crippen LogP contribution is 2.10. The Labute approximate surface area is 114 Å². The number of rotatable bonds is 11. The van der Waals surface area contributed by atoms with E-state index in [0.717, 1.165) is 11.5 Å². The molecule has 1 unspecified atom stereocenters. The number of carbonyl (C=O) groups excluding carboxylic acids is 1. The van der Waals surface area contributed by atoms with E-state index in [9.17, 15) is 4.79 Å². The molecule has 0 rings (SSSR count). The van der Waals surface area contributed by atoms with Crippen LogP contribution in [-0.4, -0.2) is 49.6 Å². The maximum atomic E-state index is 11.3. The van der Waals surface area contributed by atoms with Crippen LogP contribution in [0.5, 0.6) is 0 Å². The first-order valence-corrected chi connectivity index (χ1v) is 7.54. The van der Waals surface area contributed by atoms with Gasteiger partial charge in [0.2, 0.25) is 0 Å². The average Bonchev–Trinajstić information content (AvgIpc) is 2.35. The second-order valence-electron chi connectivity index (χ2n) is 3.56. The van der Waals surface area contributed by atoms with Crippen LogP contribution in [0.1, 0.15) is 27.2 Å². The minimum Gasteiger partial charge on any atom is -0.465 e. The van der Waals surface area contributed by atoms with Gasteiger partial charge in [0.1, 0.15) is 6.04 Å². The fourth-order valence-electron chi connectivity index (χ4n) is 1.27. The normalized spacial score (nSPS) is 12.7. The van der Waals surface area contributed by atoms with E-state index in [-0.39, 0.29) is 12.3 Å². The van der Waals surface area contributed by atoms with Gasteiger partial charge in [0.05, 0.1) is 6.61 Å². The number of nitrogens with two attached hydrogens (primary N) is 1. The zero-order chi connectivity index (χ0) is 13.8. The summed E-state index contributed by atoms with van der Waals surface area (Å²) in [6.45, 7) is 7.28. The SMILES string of the molecule is CCOC(=O)C(N)CCSCC(OCC)OCC. The van der Waals surface area contributed by atoms with Crippen molar-refractivity contribution >= 4 is 17.7 Å². The van der Waals surface area contributed by atoms with Crippen molar-refractivity contribution in [3.63, 3.8) is 0 Å². The molecule has 0 fully saturated rings. The molecule has 0 saturated carbocycles. The molecule has 18 heavy (non-hydrogen) atoms. The van der Waals surface area contributed by atoms with Gasteiger partial charge in [0.15, 0.2) is 6.29 Å². The minimum absolute atomic E-state index is 0.177. The van der Waals surface area contributed by atoms with Crippen LogP contribution >= 0.6 is 11.8 Å². The lowest BCUT2D eigenvalue weighted by Gasteiger charge is -2.16. The molecule has 2 N–H and O–H groups in total. The van der Waals surface area contributed by atoms with Crippen LogP contribution in [0, 0.1) is 0 Å². The van der Waals surface area contributed by atoms with Crippen molar-refractivity contribution in [1.29, 1.82) is 0 Å². The van der Waals surface area contributed by atoms with Crippen molar-refractivity contribution in [3.8, 4) is 0 Å². The summed E-state index contributed by atoms with van der Waals surface area (Å²) in [6, 6.07) is -0.532. The number of hydrogen-bond acceptors (Lipinski definition) is 6. The Kier molecular flexibility index (Phi) is 11.6. The van der Waals surface area contributed by atoms with E-state index in [0.29, 0.717) is 26.2 Å². The van der Waals surface area contributed by atoms with E-state index in [1.165, 1.54) is 0 Å². The van der Waals surface area contributed by atoms with Crippen molar-refractivity contribution in [1.82, 2.24) is 0 Å². The summed E-state index contributed by atoms with van der Waals surface area (Å²) in [7, 11) is 0. The predicted molar refractivity (Wildman–Crippen MR) is 73.6 cm³/mol. The van der Waals surface area contributed by atoms with Crippen molar-refractivity contribution < 1.29 is 19.0 Å². The van der Waals surface area contributed by atoms with Crippen LogP contribution in [0.4, 0.5) is 0 Å². The molecule has 0 heterocycles. The van der Waals surface area contributed by atoms with Gasteiger partial charge < -0.3 is 19.9 Å². The van der Waals surface area contributed by atoms with Gasteiger partial charge in [0.25, 0.3) is 0 Å². The highest BCUT2D eigenvalue weighted by atomic mass is 32.2. The van der Waals surface area contributed by atoms with Crippen LogP contribution in [0.3, 0.4) is 0 Å². The van der Waals surface area contributed by atoms with E-state index in [2.05, 4.69) is 0 Å². The van der Waals surface area contributed by atoms with Crippen LogP contribution in [0.15, 0.2) is 0 Å². The van der Waals surface area contributed by atoms with Gasteiger partial charge in [-0.2, -0.15) is 11.8 Å². The Morgan fingerprint density at radius 2 is 1.78 bits per heavy atom. The Bertz CT molecular complexity index is 210. The Morgan fingerprint density at radius 1 is 1.17 bits per heavy atom. The van der Waals surface area contributed by atoms with Gasteiger partial charge in [-0.1, -0.05) is 0 Å². The monoisotopic (exact) mass is 279 g/mol. The number of thioether (sulfide) groups is 1. The molecule has 0 radical (unpaired) electrons. The molecule has 0 aromatic heterocycles. The first-order valence-electron chi connectivity index (χ1n) is 6.38. The number of esters is 1. The number of hydrogen-bond donors (Lipinski definition) is 1. The number of carbonyl (C=O) groups is 1.